The van der Waals surface area contributed by atoms with E-state index in [0.717, 1.165) is 21.2 Å². The van der Waals surface area contributed by atoms with Crippen LogP contribution in [0.2, 0.25) is 0 Å². The highest BCUT2D eigenvalue weighted by atomic mass is 35.9. The van der Waals surface area contributed by atoms with Crippen molar-refractivity contribution in [2.75, 3.05) is 10.2 Å². The zero-order valence-electron chi connectivity index (χ0n) is 23.8. The molecule has 0 spiro atoms. The highest BCUT2D eigenvalue weighted by Crippen LogP contribution is 2.90. The van der Waals surface area contributed by atoms with E-state index in [2.05, 4.69) is 111 Å². The number of hydrogen-bond donors (Lipinski definition) is 2. The fourth-order valence-corrected chi connectivity index (χ4v) is 27.2. The summed E-state index contributed by atoms with van der Waals surface area (Å²) in [6.07, 6.45) is 0. The van der Waals surface area contributed by atoms with Gasteiger partial charge in [0, 0.05) is 21.2 Å². The van der Waals surface area contributed by atoms with Gasteiger partial charge in [0.05, 0.1) is 0 Å². The molecule has 0 aromatic heterocycles. The van der Waals surface area contributed by atoms with E-state index in [-0.39, 0.29) is 0 Å². The number of hydrogen-bond acceptors (Lipinski definition) is 7. The first-order chi connectivity index (χ1) is 20.0. The molecule has 1 aliphatic heterocycles. The van der Waals surface area contributed by atoms with Gasteiger partial charge in [-0.2, -0.15) is 13.5 Å². The minimum atomic E-state index is -3.15. The van der Waals surface area contributed by atoms with Gasteiger partial charge in [0.25, 0.3) is 13.4 Å². The molecule has 0 bridgehead atoms. The first kappa shape index (κ1) is 31.9. The molecule has 1 aliphatic rings. The minimum Gasteiger partial charge on any atom is -0.319 e. The van der Waals surface area contributed by atoms with E-state index in [9.17, 15) is 0 Å². The van der Waals surface area contributed by atoms with Gasteiger partial charge in [-0.25, -0.2) is 0 Å². The van der Waals surface area contributed by atoms with Crippen LogP contribution in [-0.4, -0.2) is 0 Å². The minimum absolute atomic E-state index is 0.427. The smallest absolute Gasteiger partial charge is 0.266 e. The lowest BCUT2D eigenvalue weighted by Gasteiger charge is -2.33. The molecule has 0 unspecified atom stereocenters. The second-order valence-corrected chi connectivity index (χ2v) is 25.6. The summed E-state index contributed by atoms with van der Waals surface area (Å²) >= 11 is 17.4. The Balaban J connectivity index is 1.69. The van der Waals surface area contributed by atoms with Gasteiger partial charge in [-0.15, -0.1) is 0 Å². The molecule has 0 saturated heterocycles. The standard InChI is InChI=1S/C30H34Cl2N5P3S2/c1-23(2)25-15-19-27(20-16-25)33-39(34-28-21-17-26(18-22-28)24(3)4)35-38(31,32)36-40(37-39,41-29-11-7-5-8-12-29)42-30-13-9-6-10-14-30/h5-24,33-34H,1-4H3. The van der Waals surface area contributed by atoms with Crippen LogP contribution in [0, 0.1) is 0 Å². The summed E-state index contributed by atoms with van der Waals surface area (Å²) in [7, 11) is -2.98. The quantitative estimate of drug-likeness (QED) is 0.162. The summed E-state index contributed by atoms with van der Waals surface area (Å²) in [6.45, 7) is 8.75. The van der Waals surface area contributed by atoms with Gasteiger partial charge >= 0.3 is 0 Å². The second kappa shape index (κ2) is 13.6. The topological polar surface area (TPSA) is 61.1 Å². The summed E-state index contributed by atoms with van der Waals surface area (Å²) in [5.74, 6) is -2.29. The van der Waals surface area contributed by atoms with Gasteiger partial charge in [-0.1, -0.05) is 88.4 Å². The van der Waals surface area contributed by atoms with E-state index >= 15 is 0 Å². The van der Waals surface area contributed by atoms with Crippen molar-refractivity contribution >= 4 is 75.6 Å². The summed E-state index contributed by atoms with van der Waals surface area (Å²) in [6, 6.07) is 37.3. The molecule has 0 atom stereocenters. The average molecular weight is 693 g/mol. The van der Waals surface area contributed by atoms with E-state index in [1.54, 1.807) is 22.8 Å². The molecule has 0 saturated carbocycles. The van der Waals surface area contributed by atoms with Crippen LogP contribution in [0.1, 0.15) is 50.7 Å². The number of nitrogens with one attached hydrogen (secondary N) is 2. The Morgan fingerprint density at radius 3 is 1.33 bits per heavy atom. The van der Waals surface area contributed by atoms with Gasteiger partial charge in [-0.05, 0) is 117 Å². The predicted octanol–water partition coefficient (Wildman–Crippen LogP) is 14.4. The van der Waals surface area contributed by atoms with E-state index in [0.29, 0.717) is 11.8 Å². The molecule has 1 heterocycles. The van der Waals surface area contributed by atoms with Crippen LogP contribution in [0.15, 0.2) is 133 Å². The maximum absolute atomic E-state index is 7.07. The van der Waals surface area contributed by atoms with Crippen molar-refractivity contribution < 1.29 is 0 Å². The predicted molar refractivity (Wildman–Crippen MR) is 193 cm³/mol. The van der Waals surface area contributed by atoms with Crippen LogP contribution < -0.4 is 10.2 Å². The van der Waals surface area contributed by atoms with E-state index in [4.69, 9.17) is 36.0 Å². The molecular weight excluding hydrogens is 658 g/mol. The highest BCUT2D eigenvalue weighted by molar-refractivity contribution is 8.91. The fraction of sp³-hybridized carbons (Fsp3) is 0.200. The maximum Gasteiger partial charge on any atom is 0.266 e. The monoisotopic (exact) mass is 691 g/mol. The average Bonchev–Trinajstić information content (AvgIpc) is 2.93. The van der Waals surface area contributed by atoms with Gasteiger partial charge in [-0.3, -0.25) is 0 Å². The molecule has 2 N–H and O–H groups in total. The van der Waals surface area contributed by atoms with E-state index < -0.39 is 19.0 Å². The molecule has 0 amide bonds. The lowest BCUT2D eigenvalue weighted by atomic mass is 10.0. The third-order valence-corrected chi connectivity index (χ3v) is 23.6. The first-order valence-corrected chi connectivity index (χ1v) is 23.3. The normalized spacial score (nSPS) is 16.7. The molecule has 42 heavy (non-hydrogen) atoms. The van der Waals surface area contributed by atoms with Crippen LogP contribution in [0.4, 0.5) is 11.4 Å². The molecule has 4 aromatic rings. The molecule has 0 fully saturated rings. The molecule has 12 heteroatoms. The van der Waals surface area contributed by atoms with Crippen LogP contribution in [-0.2, 0) is 0 Å². The van der Waals surface area contributed by atoms with Crippen molar-refractivity contribution in [1.29, 1.82) is 0 Å². The Morgan fingerprint density at radius 1 is 0.548 bits per heavy atom. The summed E-state index contributed by atoms with van der Waals surface area (Å²) in [5, 5.41) is 7.39. The summed E-state index contributed by atoms with van der Waals surface area (Å²) < 4.78 is 15.7. The molecular formula is C30H34Cl2N5P3S2. The number of benzene rings is 4. The van der Waals surface area contributed by atoms with Crippen molar-refractivity contribution in [2.24, 2.45) is 13.5 Å². The van der Waals surface area contributed by atoms with Crippen LogP contribution >= 0.6 is 64.3 Å². The van der Waals surface area contributed by atoms with Crippen LogP contribution in [0.25, 0.3) is 0 Å². The molecule has 5 rings (SSSR count). The Labute approximate surface area is 267 Å². The van der Waals surface area contributed by atoms with Crippen LogP contribution in [0.3, 0.4) is 0 Å². The highest BCUT2D eigenvalue weighted by Gasteiger charge is 2.38. The van der Waals surface area contributed by atoms with Crippen molar-refractivity contribution in [2.45, 2.75) is 49.3 Å². The lowest BCUT2D eigenvalue weighted by molar-refractivity contribution is 0.867. The molecule has 0 aliphatic carbocycles. The first-order valence-electron chi connectivity index (χ1n) is 13.6. The van der Waals surface area contributed by atoms with E-state index in [1.165, 1.54) is 11.1 Å². The molecule has 220 valence electrons. The third kappa shape index (κ3) is 8.33. The van der Waals surface area contributed by atoms with Gasteiger partial charge in [0.2, 0.25) is 5.61 Å². The Morgan fingerprint density at radius 2 is 0.952 bits per heavy atom. The number of nitrogens with zero attached hydrogens (tertiary/aromatic N) is 3. The van der Waals surface area contributed by atoms with Gasteiger partial charge in [0.1, 0.15) is 0 Å². The molecule has 5 nitrogen and oxygen atoms in total. The zero-order valence-corrected chi connectivity index (χ0v) is 29.6. The van der Waals surface area contributed by atoms with Crippen molar-refractivity contribution in [1.82, 2.24) is 0 Å². The van der Waals surface area contributed by atoms with Crippen molar-refractivity contribution in [3.63, 3.8) is 0 Å². The third-order valence-electron chi connectivity index (χ3n) is 6.36. The summed E-state index contributed by atoms with van der Waals surface area (Å²) in [4.78, 5) is 2.11. The van der Waals surface area contributed by atoms with Gasteiger partial charge in [0.15, 0.2) is 0 Å². The van der Waals surface area contributed by atoms with E-state index in [1.807, 2.05) is 36.4 Å². The maximum atomic E-state index is 7.07. The Hall–Kier alpha value is -1.55. The number of anilines is 2. The fourth-order valence-electron chi connectivity index (χ4n) is 4.20. The number of rotatable bonds is 10. The van der Waals surface area contributed by atoms with Crippen molar-refractivity contribution in [3.05, 3.63) is 120 Å². The van der Waals surface area contributed by atoms with Crippen LogP contribution in [0.5, 0.6) is 0 Å². The lowest BCUT2D eigenvalue weighted by Crippen LogP contribution is -2.06. The SMILES string of the molecule is CC(C)c1ccc(NP2(Nc3ccc(C(C)C)cc3)=NP(Cl)(Cl)=NP(Sc3ccccc3)(Sc3ccccc3)=N2)cc1. The largest absolute Gasteiger partial charge is 0.319 e. The number of halogens is 2. The second-order valence-electron chi connectivity index (χ2n) is 10.4. The summed E-state index contributed by atoms with van der Waals surface area (Å²) in [5.41, 5.74) is 1.61. The van der Waals surface area contributed by atoms with Crippen molar-refractivity contribution in [3.8, 4) is 0 Å². The zero-order chi connectivity index (χ0) is 29.8. The van der Waals surface area contributed by atoms with Gasteiger partial charge < -0.3 is 10.2 Å². The molecule has 4 aromatic carbocycles. The molecule has 0 radical (unpaired) electrons. The Kier molecular flexibility index (Phi) is 10.3. The Bertz CT molecular complexity index is 1570.